The molecule has 0 aliphatic carbocycles. The molecule has 0 aliphatic heterocycles. The number of aliphatic hydroxyl groups is 1. The number of rotatable bonds is 2. The molecule has 1 unspecified atom stereocenters. The van der Waals surface area contributed by atoms with E-state index in [1.165, 1.54) is 17.5 Å². The highest BCUT2D eigenvalue weighted by Crippen LogP contribution is 2.31. The maximum Gasteiger partial charge on any atom is 0.133 e. The summed E-state index contributed by atoms with van der Waals surface area (Å²) in [5.74, 6) is 0. The Balaban J connectivity index is 2.34. The number of thiophene rings is 1. The first-order valence-electron chi connectivity index (χ1n) is 3.96. The van der Waals surface area contributed by atoms with E-state index in [2.05, 4.69) is 9.97 Å². The highest BCUT2D eigenvalue weighted by atomic mass is 35.5. The molecule has 2 heterocycles. The van der Waals surface area contributed by atoms with Crippen molar-refractivity contribution in [2.45, 2.75) is 6.10 Å². The SMILES string of the molecule is OC(c1cnccn1)c1sccc1Cl. The fourth-order valence-electron chi connectivity index (χ4n) is 1.09. The molecule has 0 spiro atoms. The van der Waals surface area contributed by atoms with Crippen molar-refractivity contribution < 1.29 is 5.11 Å². The number of hydrogen-bond donors (Lipinski definition) is 1. The largest absolute Gasteiger partial charge is 0.381 e. The Bertz CT molecular complexity index is 418. The predicted octanol–water partition coefficient (Wildman–Crippen LogP) is 2.27. The summed E-state index contributed by atoms with van der Waals surface area (Å²) >= 11 is 7.29. The van der Waals surface area contributed by atoms with E-state index in [4.69, 9.17) is 11.6 Å². The van der Waals surface area contributed by atoms with Gasteiger partial charge in [0.15, 0.2) is 0 Å². The Morgan fingerprint density at radius 1 is 1.43 bits per heavy atom. The second kappa shape index (κ2) is 4.04. The van der Waals surface area contributed by atoms with E-state index in [9.17, 15) is 5.11 Å². The molecule has 1 N–H and O–H groups in total. The van der Waals surface area contributed by atoms with Gasteiger partial charge in [0.05, 0.1) is 21.8 Å². The molecule has 0 aliphatic rings. The molecule has 0 bridgehead atoms. The minimum Gasteiger partial charge on any atom is -0.381 e. The summed E-state index contributed by atoms with van der Waals surface area (Å²) in [6.45, 7) is 0. The van der Waals surface area contributed by atoms with Crippen LogP contribution in [0.1, 0.15) is 16.7 Å². The summed E-state index contributed by atoms with van der Waals surface area (Å²) in [7, 11) is 0. The third-order valence-electron chi connectivity index (χ3n) is 1.76. The predicted molar refractivity (Wildman–Crippen MR) is 55.4 cm³/mol. The van der Waals surface area contributed by atoms with Gasteiger partial charge >= 0.3 is 0 Å². The average Bonchev–Trinajstić information content (AvgIpc) is 2.65. The molecule has 2 aromatic rings. The first kappa shape index (κ1) is 9.58. The van der Waals surface area contributed by atoms with Crippen molar-refractivity contribution in [2.24, 2.45) is 0 Å². The van der Waals surface area contributed by atoms with Crippen molar-refractivity contribution in [1.29, 1.82) is 0 Å². The molecule has 0 aromatic carbocycles. The van der Waals surface area contributed by atoms with Gasteiger partial charge in [0.25, 0.3) is 0 Å². The quantitative estimate of drug-likeness (QED) is 0.855. The van der Waals surface area contributed by atoms with Gasteiger partial charge in [-0.05, 0) is 11.4 Å². The Labute approximate surface area is 90.0 Å². The number of hydrogen-bond acceptors (Lipinski definition) is 4. The van der Waals surface area contributed by atoms with Crippen molar-refractivity contribution in [3.63, 3.8) is 0 Å². The van der Waals surface area contributed by atoms with Gasteiger partial charge in [0.1, 0.15) is 6.10 Å². The fraction of sp³-hybridized carbons (Fsp3) is 0.111. The molecule has 72 valence electrons. The lowest BCUT2D eigenvalue weighted by Gasteiger charge is -2.07. The molecule has 14 heavy (non-hydrogen) atoms. The Hall–Kier alpha value is -0.970. The van der Waals surface area contributed by atoms with Crippen LogP contribution >= 0.6 is 22.9 Å². The molecule has 0 saturated heterocycles. The monoisotopic (exact) mass is 226 g/mol. The molecule has 0 radical (unpaired) electrons. The van der Waals surface area contributed by atoms with Crippen LogP contribution in [-0.2, 0) is 0 Å². The molecule has 0 fully saturated rings. The fourth-order valence-corrected chi connectivity index (χ4v) is 2.24. The minimum absolute atomic E-state index is 0.511. The second-order valence-corrected chi connectivity index (χ2v) is 4.02. The van der Waals surface area contributed by atoms with Crippen LogP contribution in [0.3, 0.4) is 0 Å². The normalized spacial score (nSPS) is 12.7. The van der Waals surface area contributed by atoms with Gasteiger partial charge in [0.2, 0.25) is 0 Å². The summed E-state index contributed by atoms with van der Waals surface area (Å²) in [6.07, 6.45) is 3.85. The number of nitrogens with zero attached hydrogens (tertiary/aromatic N) is 2. The van der Waals surface area contributed by atoms with Gasteiger partial charge in [-0.15, -0.1) is 11.3 Å². The standard InChI is InChI=1S/C9H7ClN2OS/c10-6-1-4-14-9(6)8(13)7-5-11-2-3-12-7/h1-5,8,13H. The van der Waals surface area contributed by atoms with Gasteiger partial charge in [-0.3, -0.25) is 9.97 Å². The van der Waals surface area contributed by atoms with Crippen LogP contribution in [0.2, 0.25) is 5.02 Å². The van der Waals surface area contributed by atoms with Crippen molar-refractivity contribution in [3.05, 3.63) is 45.6 Å². The maximum atomic E-state index is 9.89. The Morgan fingerprint density at radius 3 is 2.86 bits per heavy atom. The number of aromatic nitrogens is 2. The van der Waals surface area contributed by atoms with E-state index in [-0.39, 0.29) is 0 Å². The van der Waals surface area contributed by atoms with E-state index in [1.807, 2.05) is 5.38 Å². The first-order valence-corrected chi connectivity index (χ1v) is 5.21. The van der Waals surface area contributed by atoms with Gasteiger partial charge < -0.3 is 5.11 Å². The van der Waals surface area contributed by atoms with Crippen LogP contribution in [0.5, 0.6) is 0 Å². The molecular weight excluding hydrogens is 220 g/mol. The lowest BCUT2D eigenvalue weighted by atomic mass is 10.2. The lowest BCUT2D eigenvalue weighted by molar-refractivity contribution is 0.218. The highest BCUT2D eigenvalue weighted by molar-refractivity contribution is 7.10. The molecule has 2 rings (SSSR count). The van der Waals surface area contributed by atoms with Crippen LogP contribution in [0.4, 0.5) is 0 Å². The van der Waals surface area contributed by atoms with Gasteiger partial charge in [-0.1, -0.05) is 11.6 Å². The van der Waals surface area contributed by atoms with Crippen molar-refractivity contribution in [3.8, 4) is 0 Å². The molecule has 2 aromatic heterocycles. The van der Waals surface area contributed by atoms with Gasteiger partial charge in [-0.2, -0.15) is 0 Å². The molecule has 0 saturated carbocycles. The Morgan fingerprint density at radius 2 is 2.29 bits per heavy atom. The molecule has 5 heteroatoms. The molecule has 3 nitrogen and oxygen atoms in total. The smallest absolute Gasteiger partial charge is 0.133 e. The summed E-state index contributed by atoms with van der Waals surface area (Å²) in [6, 6.07) is 1.75. The van der Waals surface area contributed by atoms with E-state index < -0.39 is 6.10 Å². The number of aliphatic hydroxyl groups excluding tert-OH is 1. The van der Waals surface area contributed by atoms with Crippen LogP contribution < -0.4 is 0 Å². The van der Waals surface area contributed by atoms with Crippen molar-refractivity contribution in [2.75, 3.05) is 0 Å². The summed E-state index contributed by atoms with van der Waals surface area (Å²) < 4.78 is 0. The summed E-state index contributed by atoms with van der Waals surface area (Å²) in [5, 5.41) is 12.3. The third-order valence-corrected chi connectivity index (χ3v) is 3.17. The second-order valence-electron chi connectivity index (χ2n) is 2.67. The molecule has 1 atom stereocenters. The van der Waals surface area contributed by atoms with Crippen LogP contribution in [0.15, 0.2) is 30.0 Å². The van der Waals surface area contributed by atoms with E-state index in [0.29, 0.717) is 15.6 Å². The highest BCUT2D eigenvalue weighted by Gasteiger charge is 2.16. The zero-order chi connectivity index (χ0) is 9.97. The maximum absolute atomic E-state index is 9.89. The van der Waals surface area contributed by atoms with Gasteiger partial charge in [0, 0.05) is 12.4 Å². The zero-order valence-electron chi connectivity index (χ0n) is 7.09. The minimum atomic E-state index is -0.781. The number of halogens is 1. The molecular formula is C9H7ClN2OS. The van der Waals surface area contributed by atoms with E-state index in [1.54, 1.807) is 18.5 Å². The summed E-state index contributed by atoms with van der Waals surface area (Å²) in [5.41, 5.74) is 0.511. The van der Waals surface area contributed by atoms with E-state index >= 15 is 0 Å². The van der Waals surface area contributed by atoms with Crippen LogP contribution in [-0.4, -0.2) is 15.1 Å². The molecule has 0 amide bonds. The lowest BCUT2D eigenvalue weighted by Crippen LogP contribution is -2.00. The van der Waals surface area contributed by atoms with Crippen molar-refractivity contribution in [1.82, 2.24) is 9.97 Å². The average molecular weight is 227 g/mol. The Kier molecular flexibility index (Phi) is 2.77. The van der Waals surface area contributed by atoms with Gasteiger partial charge in [-0.25, -0.2) is 0 Å². The first-order chi connectivity index (χ1) is 6.79. The van der Waals surface area contributed by atoms with Crippen LogP contribution in [0.25, 0.3) is 0 Å². The van der Waals surface area contributed by atoms with Crippen molar-refractivity contribution >= 4 is 22.9 Å². The van der Waals surface area contributed by atoms with E-state index in [0.717, 1.165) is 0 Å². The zero-order valence-corrected chi connectivity index (χ0v) is 8.66. The third kappa shape index (κ3) is 1.77. The summed E-state index contributed by atoms with van der Waals surface area (Å²) in [4.78, 5) is 8.60. The topological polar surface area (TPSA) is 46.0 Å². The van der Waals surface area contributed by atoms with Crippen LogP contribution in [0, 0.1) is 0 Å².